The Morgan fingerprint density at radius 2 is 1.23 bits per heavy atom. The number of rotatable bonds is 15. The van der Waals surface area contributed by atoms with Crippen LogP contribution < -0.4 is 5.56 Å². The smallest absolute Gasteiger partial charge is 0.409 e. The molecule has 0 fully saturated rings. The average Bonchev–Trinajstić information content (AvgIpc) is 3.45. The molecule has 320 valence electrons. The van der Waals surface area contributed by atoms with E-state index in [0.29, 0.717) is 22.5 Å². The topological polar surface area (TPSA) is 44.1 Å². The highest BCUT2D eigenvalue weighted by molar-refractivity contribution is 6.76. The van der Waals surface area contributed by atoms with E-state index in [2.05, 4.69) is 4.98 Å². The van der Waals surface area contributed by atoms with Crippen LogP contribution in [0.5, 0.6) is 0 Å². The highest BCUT2D eigenvalue weighted by atomic mass is 28.4. The van der Waals surface area contributed by atoms with Gasteiger partial charge in [-0.25, -0.2) is 4.98 Å². The van der Waals surface area contributed by atoms with Crippen LogP contribution in [-0.2, 0) is 11.0 Å². The van der Waals surface area contributed by atoms with Gasteiger partial charge in [0.1, 0.15) is 0 Å². The number of pyridine rings is 2. The van der Waals surface area contributed by atoms with Crippen molar-refractivity contribution in [2.45, 2.75) is 132 Å². The second kappa shape index (κ2) is 14.4. The van der Waals surface area contributed by atoms with E-state index < -0.39 is 91.2 Å². The molecule has 3 aromatic rings. The summed E-state index contributed by atoms with van der Waals surface area (Å²) < 4.78 is 246. The molecule has 0 amide bonds. The molecule has 57 heavy (non-hydrogen) atoms. The van der Waals surface area contributed by atoms with E-state index >= 15 is 8.78 Å². The van der Waals surface area contributed by atoms with Crippen LogP contribution in [-0.4, -0.2) is 65.5 Å². The molecular formula is C35H35F17N2O2Si. The molecule has 0 bridgehead atoms. The number of aromatic nitrogens is 2. The fourth-order valence-electron chi connectivity index (χ4n) is 7.04. The van der Waals surface area contributed by atoms with Gasteiger partial charge < -0.3 is 8.99 Å². The zero-order valence-corrected chi connectivity index (χ0v) is 31.7. The Labute approximate surface area is 314 Å². The van der Waals surface area contributed by atoms with Crippen molar-refractivity contribution in [2.75, 3.05) is 0 Å². The molecule has 0 N–H and O–H groups in total. The van der Waals surface area contributed by atoms with Gasteiger partial charge >= 0.3 is 47.6 Å². The summed E-state index contributed by atoms with van der Waals surface area (Å²) in [5.74, 6) is -56.8. The summed E-state index contributed by atoms with van der Waals surface area (Å²) in [6.45, 7) is 8.50. The average molecular weight is 867 g/mol. The maximum atomic E-state index is 15.2. The molecule has 4 nitrogen and oxygen atoms in total. The number of nitrogens with zero attached hydrogens (tertiary/aromatic N) is 2. The Hall–Kier alpha value is -3.43. The maximum Gasteiger partial charge on any atom is 0.460 e. The number of hydrogen-bond donors (Lipinski definition) is 0. The van der Waals surface area contributed by atoms with E-state index in [4.69, 9.17) is 4.43 Å². The van der Waals surface area contributed by atoms with Gasteiger partial charge in [-0.3, -0.25) is 4.79 Å². The summed E-state index contributed by atoms with van der Waals surface area (Å²) in [5, 5.41) is 0.770. The Morgan fingerprint density at radius 1 is 0.737 bits per heavy atom. The quantitative estimate of drug-likeness (QED) is 0.0883. The normalized spacial score (nSPS) is 15.8. The molecule has 1 aliphatic heterocycles. The van der Waals surface area contributed by atoms with Crippen LogP contribution in [0.25, 0.3) is 22.3 Å². The molecule has 1 atom stereocenters. The molecule has 1 aliphatic rings. The molecule has 22 heteroatoms. The van der Waals surface area contributed by atoms with E-state index in [1.165, 1.54) is 46.1 Å². The second-order valence-electron chi connectivity index (χ2n) is 14.6. The van der Waals surface area contributed by atoms with E-state index in [0.717, 1.165) is 5.39 Å². The number of fused-ring (bicyclic) bond motifs is 4. The van der Waals surface area contributed by atoms with Crippen molar-refractivity contribution in [3.8, 4) is 11.4 Å². The first-order valence-corrected chi connectivity index (χ1v) is 19.4. The minimum absolute atomic E-state index is 0.0291. The zero-order chi connectivity index (χ0) is 43.9. The summed E-state index contributed by atoms with van der Waals surface area (Å²) in [6.07, 6.45) is -11.6. The molecule has 3 heterocycles. The lowest BCUT2D eigenvalue weighted by Crippen LogP contribution is -2.74. The van der Waals surface area contributed by atoms with Crippen LogP contribution in [0.2, 0.25) is 17.1 Å². The standard InChI is InChI=1S/C35H35F17N2O2Si/c1-7-25(22-15-24-26-21(16-54(24)27(55)19(22)6)14-20-10-8-9-11-23(20)53-26)56-57(17(2)3,18(4)5)13-12-28(36,37)29(38,39)30(40,41)31(42,43)32(44,45)33(46,47)34(48,49)35(50,51)52/h8-11,14-15,17-18,25H,7,12-13,16H2,1-6H3/t25-/m0/s1. The zero-order valence-electron chi connectivity index (χ0n) is 30.7. The lowest BCUT2D eigenvalue weighted by atomic mass is 9.88. The second-order valence-corrected chi connectivity index (χ2v) is 19.6. The van der Waals surface area contributed by atoms with Gasteiger partial charge in [-0.15, -0.1) is 0 Å². The van der Waals surface area contributed by atoms with Gasteiger partial charge in [0, 0.05) is 22.9 Å². The number of hydrogen-bond acceptors (Lipinski definition) is 3. The highest BCUT2D eigenvalue weighted by Crippen LogP contribution is 2.64. The summed E-state index contributed by atoms with van der Waals surface area (Å²) >= 11 is 0. The largest absolute Gasteiger partial charge is 0.460 e. The third-order valence-corrected chi connectivity index (χ3v) is 16.3. The van der Waals surface area contributed by atoms with Crippen molar-refractivity contribution in [2.24, 2.45) is 0 Å². The van der Waals surface area contributed by atoms with Crippen LogP contribution in [0.4, 0.5) is 74.6 Å². The molecule has 4 rings (SSSR count). The first kappa shape index (κ1) is 46.3. The number of para-hydroxylation sites is 1. The predicted molar refractivity (Wildman–Crippen MR) is 175 cm³/mol. The third kappa shape index (κ3) is 6.80. The minimum Gasteiger partial charge on any atom is -0.409 e. The summed E-state index contributed by atoms with van der Waals surface area (Å²) in [5.41, 5.74) is -0.0415. The molecule has 0 unspecified atom stereocenters. The van der Waals surface area contributed by atoms with E-state index in [1.54, 1.807) is 30.3 Å². The van der Waals surface area contributed by atoms with Crippen LogP contribution in [0, 0.1) is 6.92 Å². The van der Waals surface area contributed by atoms with E-state index in [9.17, 15) is 70.7 Å². The van der Waals surface area contributed by atoms with Gasteiger partial charge in [0.25, 0.3) is 5.56 Å². The first-order valence-electron chi connectivity index (χ1n) is 17.2. The minimum atomic E-state index is -8.69. The van der Waals surface area contributed by atoms with Crippen LogP contribution >= 0.6 is 0 Å². The molecule has 1 aromatic carbocycles. The van der Waals surface area contributed by atoms with Gasteiger partial charge in [0.2, 0.25) is 0 Å². The lowest BCUT2D eigenvalue weighted by Gasteiger charge is -2.45. The van der Waals surface area contributed by atoms with Gasteiger partial charge in [-0.05, 0) is 54.2 Å². The Morgan fingerprint density at radius 3 is 1.72 bits per heavy atom. The SMILES string of the molecule is CC[C@H](O[Si](CCC(F)(F)C(F)(F)C(F)(F)C(F)(F)C(F)(F)C(F)(F)C(F)(F)C(F)(F)F)(C(C)C)C(C)C)c1cc2n(c(=O)c1C)Cc1cc3ccccc3nc1-2. The summed E-state index contributed by atoms with van der Waals surface area (Å²) in [4.78, 5) is 18.3. The molecule has 2 aromatic heterocycles. The molecule has 0 radical (unpaired) electrons. The predicted octanol–water partition coefficient (Wildman–Crippen LogP) is 12.4. The molecule has 0 saturated carbocycles. The van der Waals surface area contributed by atoms with E-state index in [-0.39, 0.29) is 24.1 Å². The summed E-state index contributed by atoms with van der Waals surface area (Å²) in [6, 6.07) is 9.06. The fraction of sp³-hybridized carbons (Fsp3) is 0.600. The molecular weight excluding hydrogens is 831 g/mol. The molecule has 0 saturated heterocycles. The van der Waals surface area contributed by atoms with Gasteiger partial charge in [-0.2, -0.15) is 74.6 Å². The maximum absolute atomic E-state index is 15.2. The molecule has 0 aliphatic carbocycles. The third-order valence-electron chi connectivity index (χ3n) is 10.6. The van der Waals surface area contributed by atoms with Crippen molar-refractivity contribution >= 4 is 19.2 Å². The van der Waals surface area contributed by atoms with Crippen LogP contribution in [0.3, 0.4) is 0 Å². The van der Waals surface area contributed by atoms with Gasteiger partial charge in [0.05, 0.1) is 29.6 Å². The Kier molecular flexibility index (Phi) is 11.7. The van der Waals surface area contributed by atoms with Crippen molar-refractivity contribution in [3.05, 3.63) is 63.4 Å². The Balaban J connectivity index is 1.73. The van der Waals surface area contributed by atoms with Crippen molar-refractivity contribution < 1.29 is 79.1 Å². The number of halogens is 17. The van der Waals surface area contributed by atoms with Crippen LogP contribution in [0.1, 0.15) is 70.3 Å². The lowest BCUT2D eigenvalue weighted by molar-refractivity contribution is -0.461. The highest BCUT2D eigenvalue weighted by Gasteiger charge is 2.95. The van der Waals surface area contributed by atoms with E-state index in [1.807, 2.05) is 6.07 Å². The first-order chi connectivity index (χ1) is 25.6. The monoisotopic (exact) mass is 866 g/mol. The number of alkyl halides is 17. The van der Waals surface area contributed by atoms with Crippen LogP contribution in [0.15, 0.2) is 41.2 Å². The molecule has 0 spiro atoms. The van der Waals surface area contributed by atoms with Crippen molar-refractivity contribution in [1.82, 2.24) is 9.55 Å². The Bertz CT molecular complexity index is 2040. The van der Waals surface area contributed by atoms with Gasteiger partial charge in [0.15, 0.2) is 8.32 Å². The van der Waals surface area contributed by atoms with Crippen molar-refractivity contribution in [3.63, 3.8) is 0 Å². The number of benzene rings is 1. The fourth-order valence-corrected chi connectivity index (χ4v) is 11.7. The summed E-state index contributed by atoms with van der Waals surface area (Å²) in [7, 11) is -4.16. The van der Waals surface area contributed by atoms with Crippen molar-refractivity contribution in [1.29, 1.82) is 0 Å². The van der Waals surface area contributed by atoms with Gasteiger partial charge in [-0.1, -0.05) is 52.8 Å².